The number of hydrogen-bond donors (Lipinski definition) is 2. The van der Waals surface area contributed by atoms with Gasteiger partial charge in [0.15, 0.2) is 0 Å². The molecule has 0 spiro atoms. The Morgan fingerprint density at radius 1 is 0.725 bits per heavy atom. The van der Waals surface area contributed by atoms with E-state index in [1.165, 1.54) is 24.3 Å². The maximum atomic E-state index is 14.9. The van der Waals surface area contributed by atoms with Gasteiger partial charge >= 0.3 is 12.5 Å². The molecule has 9 heteroatoms. The lowest BCUT2D eigenvalue weighted by molar-refractivity contribution is -0.253. The zero-order valence-corrected chi connectivity index (χ0v) is 21.3. The second-order valence-electron chi connectivity index (χ2n) is 9.55. The van der Waals surface area contributed by atoms with Gasteiger partial charge in [0.1, 0.15) is 17.4 Å². The molecule has 4 aromatic carbocycles. The first-order valence-corrected chi connectivity index (χ1v) is 12.6. The molecule has 0 saturated heterocycles. The molecule has 0 bridgehead atoms. The Morgan fingerprint density at radius 3 is 1.93 bits per heavy atom. The molecular formula is C31H28F6N2O. The van der Waals surface area contributed by atoms with E-state index in [-0.39, 0.29) is 18.5 Å². The highest BCUT2D eigenvalue weighted by molar-refractivity contribution is 5.44. The third kappa shape index (κ3) is 7.22. The topological polar surface area (TPSA) is 47.3 Å². The maximum Gasteiger partial charge on any atom is 0.461 e. The number of nitrogens with two attached hydrogens (primary N) is 1. The SMILES string of the molecule is N[C@@H](CN[C@](Cc1ccccc1)(c1ccc(F)cc1)c1cc(F)cc(OC(F)(F)C(F)F)c1)Cc1ccccc1. The zero-order chi connectivity index (χ0) is 28.8. The average Bonchev–Trinajstić information content (AvgIpc) is 2.92. The first kappa shape index (κ1) is 29.2. The van der Waals surface area contributed by atoms with Gasteiger partial charge in [0.05, 0.1) is 5.54 Å². The molecular weight excluding hydrogens is 530 g/mol. The molecule has 0 aliphatic heterocycles. The Hall–Kier alpha value is -3.82. The van der Waals surface area contributed by atoms with E-state index < -0.39 is 41.5 Å². The van der Waals surface area contributed by atoms with E-state index in [4.69, 9.17) is 5.73 Å². The fourth-order valence-electron chi connectivity index (χ4n) is 4.64. The van der Waals surface area contributed by atoms with E-state index in [0.29, 0.717) is 18.1 Å². The second kappa shape index (κ2) is 12.6. The molecule has 0 amide bonds. The molecule has 210 valence electrons. The monoisotopic (exact) mass is 558 g/mol. The Kier molecular flexibility index (Phi) is 9.17. The standard InChI is InChI=1S/C31H28F6N2O/c32-25-13-11-23(12-14-25)30(19-22-9-5-2-6-10-22,39-20-27(38)15-21-7-3-1-4-8-21)24-16-26(33)18-28(17-24)40-31(36,37)29(34)35/h1-14,16-18,27,29,39H,15,19-20,38H2/t27-,30-/m1/s1. The van der Waals surface area contributed by atoms with Crippen LogP contribution < -0.4 is 15.8 Å². The van der Waals surface area contributed by atoms with Gasteiger partial charge in [-0.1, -0.05) is 72.8 Å². The fourth-order valence-corrected chi connectivity index (χ4v) is 4.64. The molecule has 0 aromatic heterocycles. The van der Waals surface area contributed by atoms with Gasteiger partial charge in [0, 0.05) is 18.7 Å². The molecule has 3 N–H and O–H groups in total. The van der Waals surface area contributed by atoms with Crippen molar-refractivity contribution in [3.63, 3.8) is 0 Å². The molecule has 4 rings (SSSR count). The van der Waals surface area contributed by atoms with Crippen LogP contribution in [0.2, 0.25) is 0 Å². The van der Waals surface area contributed by atoms with Crippen molar-refractivity contribution in [2.45, 2.75) is 37.0 Å². The van der Waals surface area contributed by atoms with E-state index in [0.717, 1.165) is 23.3 Å². The average molecular weight is 559 g/mol. The van der Waals surface area contributed by atoms with E-state index in [2.05, 4.69) is 10.1 Å². The van der Waals surface area contributed by atoms with Crippen LogP contribution >= 0.6 is 0 Å². The predicted molar refractivity (Wildman–Crippen MR) is 141 cm³/mol. The van der Waals surface area contributed by atoms with Gasteiger partial charge in [0.25, 0.3) is 0 Å². The summed E-state index contributed by atoms with van der Waals surface area (Å²) in [5.74, 6) is -2.28. The predicted octanol–water partition coefficient (Wildman–Crippen LogP) is 6.85. The molecule has 0 aliphatic rings. The molecule has 3 nitrogen and oxygen atoms in total. The summed E-state index contributed by atoms with van der Waals surface area (Å²) < 4.78 is 86.5. The molecule has 0 radical (unpaired) electrons. The Labute approximate surface area is 228 Å². The summed E-state index contributed by atoms with van der Waals surface area (Å²) in [6.45, 7) is 0.180. The van der Waals surface area contributed by atoms with Gasteiger partial charge in [-0.2, -0.15) is 17.6 Å². The molecule has 4 aromatic rings. The van der Waals surface area contributed by atoms with Crippen LogP contribution in [0.1, 0.15) is 22.3 Å². The van der Waals surface area contributed by atoms with Crippen LogP contribution in [0.25, 0.3) is 0 Å². The van der Waals surface area contributed by atoms with Crippen molar-refractivity contribution in [3.05, 3.63) is 137 Å². The summed E-state index contributed by atoms with van der Waals surface area (Å²) in [6, 6.07) is 26.4. The van der Waals surface area contributed by atoms with Crippen molar-refractivity contribution in [3.8, 4) is 5.75 Å². The van der Waals surface area contributed by atoms with Crippen molar-refractivity contribution in [1.82, 2.24) is 5.32 Å². The Bertz CT molecular complexity index is 1370. The highest BCUT2D eigenvalue weighted by Crippen LogP contribution is 2.38. The minimum absolute atomic E-state index is 0.106. The van der Waals surface area contributed by atoms with Crippen molar-refractivity contribution < 1.29 is 31.1 Å². The summed E-state index contributed by atoms with van der Waals surface area (Å²) in [7, 11) is 0. The van der Waals surface area contributed by atoms with Gasteiger partial charge in [-0.15, -0.1) is 0 Å². The van der Waals surface area contributed by atoms with E-state index >= 15 is 0 Å². The lowest BCUT2D eigenvalue weighted by Crippen LogP contribution is -2.50. The Morgan fingerprint density at radius 2 is 1.32 bits per heavy atom. The number of hydrogen-bond acceptors (Lipinski definition) is 3. The van der Waals surface area contributed by atoms with Crippen LogP contribution in [-0.4, -0.2) is 25.1 Å². The van der Waals surface area contributed by atoms with E-state index in [1.807, 2.05) is 48.5 Å². The summed E-state index contributed by atoms with van der Waals surface area (Å²) in [5, 5.41) is 3.39. The van der Waals surface area contributed by atoms with Crippen LogP contribution in [0.5, 0.6) is 5.75 Å². The lowest BCUT2D eigenvalue weighted by atomic mass is 9.77. The largest absolute Gasteiger partial charge is 0.461 e. The van der Waals surface area contributed by atoms with Crippen LogP contribution in [0.3, 0.4) is 0 Å². The fraction of sp³-hybridized carbons (Fsp3) is 0.226. The lowest BCUT2D eigenvalue weighted by Gasteiger charge is -2.38. The summed E-state index contributed by atoms with van der Waals surface area (Å²) >= 11 is 0. The number of halogens is 6. The number of alkyl halides is 4. The summed E-state index contributed by atoms with van der Waals surface area (Å²) in [6.07, 6.45) is -8.31. The first-order valence-electron chi connectivity index (χ1n) is 12.6. The number of nitrogens with one attached hydrogen (secondary N) is 1. The molecule has 2 atom stereocenters. The van der Waals surface area contributed by atoms with E-state index in [9.17, 15) is 26.3 Å². The number of ether oxygens (including phenoxy) is 1. The van der Waals surface area contributed by atoms with Crippen LogP contribution in [0.4, 0.5) is 26.3 Å². The minimum Gasteiger partial charge on any atom is -0.428 e. The van der Waals surface area contributed by atoms with Crippen molar-refractivity contribution in [2.75, 3.05) is 6.54 Å². The summed E-state index contributed by atoms with van der Waals surface area (Å²) in [4.78, 5) is 0. The van der Waals surface area contributed by atoms with Crippen molar-refractivity contribution in [2.24, 2.45) is 5.73 Å². The molecule has 0 saturated carbocycles. The first-order chi connectivity index (χ1) is 19.1. The second-order valence-corrected chi connectivity index (χ2v) is 9.55. The maximum absolute atomic E-state index is 14.9. The van der Waals surface area contributed by atoms with Gasteiger partial charge in [-0.25, -0.2) is 8.78 Å². The molecule has 0 unspecified atom stereocenters. The zero-order valence-electron chi connectivity index (χ0n) is 21.3. The molecule has 0 heterocycles. The smallest absolute Gasteiger partial charge is 0.428 e. The normalized spacial score (nSPS) is 14.1. The quantitative estimate of drug-likeness (QED) is 0.187. The van der Waals surface area contributed by atoms with Gasteiger partial charge < -0.3 is 15.8 Å². The highest BCUT2D eigenvalue weighted by Gasteiger charge is 2.44. The number of benzene rings is 4. The van der Waals surface area contributed by atoms with Gasteiger partial charge in [-0.05, 0) is 59.4 Å². The van der Waals surface area contributed by atoms with Gasteiger partial charge in [-0.3, -0.25) is 0 Å². The third-order valence-electron chi connectivity index (χ3n) is 6.53. The molecule has 0 aliphatic carbocycles. The molecule has 40 heavy (non-hydrogen) atoms. The van der Waals surface area contributed by atoms with Crippen LogP contribution in [-0.2, 0) is 18.4 Å². The number of rotatable bonds is 12. The van der Waals surface area contributed by atoms with Crippen LogP contribution in [0, 0.1) is 11.6 Å². The summed E-state index contributed by atoms with van der Waals surface area (Å²) in [5.41, 5.74) is 7.46. The van der Waals surface area contributed by atoms with Gasteiger partial charge in [0.2, 0.25) is 0 Å². The van der Waals surface area contributed by atoms with Crippen LogP contribution in [0.15, 0.2) is 103 Å². The molecule has 0 fully saturated rings. The highest BCUT2D eigenvalue weighted by atomic mass is 19.3. The minimum atomic E-state index is -4.84. The third-order valence-corrected chi connectivity index (χ3v) is 6.53. The van der Waals surface area contributed by atoms with E-state index in [1.54, 1.807) is 12.1 Å². The van der Waals surface area contributed by atoms with Crippen molar-refractivity contribution >= 4 is 0 Å². The van der Waals surface area contributed by atoms with Crippen molar-refractivity contribution in [1.29, 1.82) is 0 Å². The Balaban J connectivity index is 1.81.